The lowest BCUT2D eigenvalue weighted by Crippen LogP contribution is -2.69. The molecule has 8 atom stereocenters. The number of hydrogen-bond donors (Lipinski definition) is 3. The fourth-order valence-corrected chi connectivity index (χ4v) is 9.80. The van der Waals surface area contributed by atoms with Gasteiger partial charge in [0.05, 0.1) is 24.5 Å². The van der Waals surface area contributed by atoms with Gasteiger partial charge in [0.2, 0.25) is 0 Å². The highest BCUT2D eigenvalue weighted by molar-refractivity contribution is 5.87. The Bertz CT molecular complexity index is 999. The van der Waals surface area contributed by atoms with Gasteiger partial charge in [-0.2, -0.15) is 0 Å². The highest BCUT2D eigenvalue weighted by Gasteiger charge is 2.67. The molecule has 0 bridgehead atoms. The summed E-state index contributed by atoms with van der Waals surface area (Å²) in [4.78, 5) is 13.8. The summed E-state index contributed by atoms with van der Waals surface area (Å²) in [7, 11) is 1.87. The second kappa shape index (κ2) is 9.28. The number of hydrazine groups is 1. The number of nitrogen functional groups attached to an aromatic ring is 1. The van der Waals surface area contributed by atoms with Crippen LogP contribution in [0.4, 0.5) is 11.4 Å². The van der Waals surface area contributed by atoms with E-state index in [9.17, 15) is 4.79 Å². The van der Waals surface area contributed by atoms with Crippen molar-refractivity contribution < 1.29 is 9.53 Å². The minimum absolute atomic E-state index is 0.00318. The van der Waals surface area contributed by atoms with Gasteiger partial charge in [0, 0.05) is 24.0 Å². The second-order valence-electron chi connectivity index (χ2n) is 13.3. The van der Waals surface area contributed by atoms with Crippen molar-refractivity contribution in [3.05, 3.63) is 23.8 Å². The Balaban J connectivity index is 1.38. The van der Waals surface area contributed by atoms with Gasteiger partial charge in [0.1, 0.15) is 0 Å². The maximum absolute atomic E-state index is 13.8. The normalized spacial score (nSPS) is 41.8. The van der Waals surface area contributed by atoms with E-state index in [4.69, 9.17) is 22.0 Å². The number of fused-ring (bicyclic) bond motifs is 5. The van der Waals surface area contributed by atoms with E-state index < -0.39 is 0 Å². The molecule has 0 radical (unpaired) electrons. The molecule has 8 unspecified atom stereocenters. The molecule has 0 saturated heterocycles. The summed E-state index contributed by atoms with van der Waals surface area (Å²) in [5.41, 5.74) is 16.1. The van der Waals surface area contributed by atoms with E-state index in [1.165, 1.54) is 25.7 Å². The lowest BCUT2D eigenvalue weighted by atomic mass is 9.41. The molecule has 200 valence electrons. The van der Waals surface area contributed by atoms with Crippen LogP contribution in [0.15, 0.2) is 18.2 Å². The number of benzene rings is 1. The second-order valence-corrected chi connectivity index (χ2v) is 13.3. The fraction of sp³-hybridized carbons (Fsp3) is 0.767. The average molecular weight is 497 g/mol. The third kappa shape index (κ3) is 3.90. The Morgan fingerprint density at radius 1 is 1.11 bits per heavy atom. The maximum Gasteiger partial charge on any atom is 0.157 e. The standard InChI is InChI=1S/C30H48N4O2/c1-19-5-7-23(31)24(16-19)34(33)17-25(35)22-6-8-26-28(22,3)12-11-27-29(18-36-4)13-9-20(2)15-21(29)10-14-30(26,27)32/h5,7,16,20-22,26-27H,6,8-15,17-18,31-33H2,1-4H3. The number of rotatable bonds is 6. The van der Waals surface area contributed by atoms with Gasteiger partial charge in [-0.15, -0.1) is 0 Å². The van der Waals surface area contributed by atoms with E-state index in [0.29, 0.717) is 17.5 Å². The summed E-state index contributed by atoms with van der Waals surface area (Å²) in [6.45, 7) is 7.81. The molecule has 4 aliphatic rings. The fourth-order valence-electron chi connectivity index (χ4n) is 9.80. The Labute approximate surface area is 217 Å². The van der Waals surface area contributed by atoms with E-state index in [0.717, 1.165) is 61.8 Å². The minimum atomic E-state index is -0.207. The number of Topliss-reactive ketones (excluding diaryl/α,β-unsaturated/α-hetero) is 1. The van der Waals surface area contributed by atoms with Crippen LogP contribution >= 0.6 is 0 Å². The highest BCUT2D eigenvalue weighted by atomic mass is 16.5. The number of nitrogens with two attached hydrogens (primary N) is 3. The molecular weight excluding hydrogens is 448 g/mol. The summed E-state index contributed by atoms with van der Waals surface area (Å²) in [5.74, 6) is 9.03. The number of ketones is 1. The third-order valence-corrected chi connectivity index (χ3v) is 11.5. The van der Waals surface area contributed by atoms with Crippen LogP contribution in [-0.2, 0) is 9.53 Å². The molecule has 0 amide bonds. The number of aryl methyl sites for hydroxylation is 1. The summed E-state index contributed by atoms with van der Waals surface area (Å²) < 4.78 is 5.93. The first-order valence-electron chi connectivity index (χ1n) is 14.2. The van der Waals surface area contributed by atoms with E-state index >= 15 is 0 Å². The monoisotopic (exact) mass is 496 g/mol. The summed E-state index contributed by atoms with van der Waals surface area (Å²) in [6, 6.07) is 5.79. The molecule has 4 fully saturated rings. The number of ether oxygens (including phenoxy) is 1. The molecule has 4 aliphatic carbocycles. The molecule has 0 aliphatic heterocycles. The number of carbonyl (C=O) groups excluding carboxylic acids is 1. The van der Waals surface area contributed by atoms with E-state index in [1.54, 1.807) is 5.01 Å². The third-order valence-electron chi connectivity index (χ3n) is 11.5. The van der Waals surface area contributed by atoms with Gasteiger partial charge in [-0.05, 0) is 105 Å². The number of nitrogens with zero attached hydrogens (tertiary/aromatic N) is 1. The zero-order chi connectivity index (χ0) is 25.9. The van der Waals surface area contributed by atoms with E-state index in [2.05, 4.69) is 13.8 Å². The van der Waals surface area contributed by atoms with Crippen molar-refractivity contribution in [2.75, 3.05) is 31.0 Å². The van der Waals surface area contributed by atoms with Crippen LogP contribution in [0, 0.1) is 47.3 Å². The number of anilines is 2. The van der Waals surface area contributed by atoms with Gasteiger partial charge in [-0.3, -0.25) is 4.79 Å². The van der Waals surface area contributed by atoms with Crippen molar-refractivity contribution >= 4 is 17.2 Å². The van der Waals surface area contributed by atoms with Gasteiger partial charge in [-0.1, -0.05) is 26.3 Å². The van der Waals surface area contributed by atoms with Gasteiger partial charge in [0.25, 0.3) is 0 Å². The van der Waals surface area contributed by atoms with E-state index in [-0.39, 0.29) is 34.6 Å². The molecule has 6 N–H and O–H groups in total. The number of methoxy groups -OCH3 is 1. The average Bonchev–Trinajstić information content (AvgIpc) is 3.19. The van der Waals surface area contributed by atoms with Crippen molar-refractivity contribution in [3.8, 4) is 0 Å². The van der Waals surface area contributed by atoms with Crippen LogP contribution in [0.3, 0.4) is 0 Å². The van der Waals surface area contributed by atoms with Crippen molar-refractivity contribution in [2.24, 2.45) is 52.0 Å². The van der Waals surface area contributed by atoms with Gasteiger partial charge < -0.3 is 21.2 Å². The molecule has 0 spiro atoms. The summed E-state index contributed by atoms with van der Waals surface area (Å²) in [5, 5.41) is 1.55. The Morgan fingerprint density at radius 2 is 1.89 bits per heavy atom. The minimum Gasteiger partial charge on any atom is -0.397 e. The van der Waals surface area contributed by atoms with Crippen molar-refractivity contribution in [2.45, 2.75) is 84.1 Å². The van der Waals surface area contributed by atoms with Crippen LogP contribution < -0.4 is 22.3 Å². The zero-order valence-electron chi connectivity index (χ0n) is 22.9. The molecule has 6 nitrogen and oxygen atoms in total. The molecule has 36 heavy (non-hydrogen) atoms. The van der Waals surface area contributed by atoms with Gasteiger partial charge >= 0.3 is 0 Å². The topological polar surface area (TPSA) is 108 Å². The Morgan fingerprint density at radius 3 is 2.64 bits per heavy atom. The molecule has 0 heterocycles. The highest BCUT2D eigenvalue weighted by Crippen LogP contribution is 2.68. The van der Waals surface area contributed by atoms with Crippen molar-refractivity contribution in [1.82, 2.24) is 0 Å². The Kier molecular flexibility index (Phi) is 6.70. The summed E-state index contributed by atoms with van der Waals surface area (Å²) >= 11 is 0. The SMILES string of the molecule is COCC12CCC(C)CC1CCC1(N)C3CCC(C(=O)CN(N)c4cc(C)ccc4N)C3(C)CCC12. The quantitative estimate of drug-likeness (QED) is 0.296. The predicted molar refractivity (Wildman–Crippen MR) is 146 cm³/mol. The smallest absolute Gasteiger partial charge is 0.157 e. The first-order chi connectivity index (χ1) is 17.0. The maximum atomic E-state index is 13.8. The predicted octanol–water partition coefficient (Wildman–Crippen LogP) is 4.83. The van der Waals surface area contributed by atoms with Gasteiger partial charge in [0.15, 0.2) is 5.78 Å². The van der Waals surface area contributed by atoms with Gasteiger partial charge in [-0.25, -0.2) is 5.84 Å². The molecule has 1 aromatic carbocycles. The van der Waals surface area contributed by atoms with Crippen LogP contribution in [0.25, 0.3) is 0 Å². The number of carbonyl (C=O) groups is 1. The van der Waals surface area contributed by atoms with Crippen molar-refractivity contribution in [1.29, 1.82) is 0 Å². The molecule has 6 heteroatoms. The molecule has 0 aromatic heterocycles. The first kappa shape index (κ1) is 26.0. The lowest BCUT2D eigenvalue weighted by molar-refractivity contribution is -0.163. The lowest BCUT2D eigenvalue weighted by Gasteiger charge is -2.66. The molecule has 5 rings (SSSR count). The molecule has 1 aromatic rings. The van der Waals surface area contributed by atoms with Crippen LogP contribution in [-0.4, -0.2) is 31.6 Å². The van der Waals surface area contributed by atoms with Crippen molar-refractivity contribution in [3.63, 3.8) is 0 Å². The van der Waals surface area contributed by atoms with Crippen LogP contribution in [0.5, 0.6) is 0 Å². The first-order valence-corrected chi connectivity index (χ1v) is 14.2. The van der Waals surface area contributed by atoms with Crippen LogP contribution in [0.1, 0.15) is 77.2 Å². The molecular formula is C30H48N4O2. The zero-order valence-corrected chi connectivity index (χ0v) is 22.9. The summed E-state index contributed by atoms with van der Waals surface area (Å²) in [6.07, 6.45) is 10.3. The van der Waals surface area contributed by atoms with Crippen LogP contribution in [0.2, 0.25) is 0 Å². The largest absolute Gasteiger partial charge is 0.397 e. The number of hydrogen-bond acceptors (Lipinski definition) is 6. The Hall–Kier alpha value is -1.63. The van der Waals surface area contributed by atoms with E-state index in [1.807, 2.05) is 32.2 Å². The molecule has 4 saturated carbocycles.